The summed E-state index contributed by atoms with van der Waals surface area (Å²) in [4.78, 5) is 16.1. The van der Waals surface area contributed by atoms with Gasteiger partial charge in [0, 0.05) is 9.26 Å². The van der Waals surface area contributed by atoms with Crippen LogP contribution in [0.15, 0.2) is 30.3 Å². The number of hydrogen-bond donors (Lipinski definition) is 1. The molecule has 1 aliphatic rings. The van der Waals surface area contributed by atoms with E-state index in [0.29, 0.717) is 17.2 Å². The van der Waals surface area contributed by atoms with Crippen molar-refractivity contribution in [1.29, 1.82) is 0 Å². The molecule has 0 unspecified atom stereocenters. The van der Waals surface area contributed by atoms with E-state index in [0.717, 1.165) is 34.1 Å². The minimum absolute atomic E-state index is 0.306. The lowest BCUT2D eigenvalue weighted by atomic mass is 10.1. The molecule has 0 saturated heterocycles. The average Bonchev–Trinajstić information content (AvgIpc) is 2.84. The van der Waals surface area contributed by atoms with Crippen molar-refractivity contribution in [3.8, 4) is 11.6 Å². The molecule has 20 heavy (non-hydrogen) atoms. The Morgan fingerprint density at radius 1 is 1.30 bits per heavy atom. The van der Waals surface area contributed by atoms with Crippen molar-refractivity contribution in [2.24, 2.45) is 5.73 Å². The second-order valence-electron chi connectivity index (χ2n) is 4.72. The number of amides is 1. The first-order valence-electron chi connectivity index (χ1n) is 6.39. The molecule has 0 atom stereocenters. The lowest BCUT2D eigenvalue weighted by molar-refractivity contribution is 0.0997. The molecule has 102 valence electrons. The summed E-state index contributed by atoms with van der Waals surface area (Å²) in [7, 11) is 0. The van der Waals surface area contributed by atoms with Gasteiger partial charge in [0.25, 0.3) is 5.91 Å². The molecule has 1 aromatic heterocycles. The fourth-order valence-corrected chi connectivity index (χ4v) is 2.86. The Morgan fingerprint density at radius 2 is 2.15 bits per heavy atom. The molecule has 1 heterocycles. The molecule has 3 rings (SSSR count). The third kappa shape index (κ3) is 2.63. The maximum Gasteiger partial charge on any atom is 0.254 e. The predicted octanol–water partition coefficient (Wildman–Crippen LogP) is 3.07. The number of primary amides is 1. The van der Waals surface area contributed by atoms with Crippen LogP contribution in [0.5, 0.6) is 11.6 Å². The normalized spacial score (nSPS) is 13.1. The highest BCUT2D eigenvalue weighted by Crippen LogP contribution is 2.29. The number of nitrogens with two attached hydrogens (primary N) is 1. The maximum atomic E-state index is 11.6. The number of rotatable bonds is 3. The number of ether oxygens (including phenoxy) is 1. The van der Waals surface area contributed by atoms with E-state index in [1.165, 1.54) is 0 Å². The number of fused-ring (bicyclic) bond motifs is 1. The molecule has 0 saturated carbocycles. The van der Waals surface area contributed by atoms with Crippen LogP contribution in [-0.2, 0) is 12.8 Å². The topological polar surface area (TPSA) is 65.2 Å². The van der Waals surface area contributed by atoms with Gasteiger partial charge in [0.1, 0.15) is 11.3 Å². The molecule has 2 aromatic rings. The van der Waals surface area contributed by atoms with Crippen LogP contribution in [0.4, 0.5) is 0 Å². The Balaban J connectivity index is 2.01. The van der Waals surface area contributed by atoms with Crippen LogP contribution in [-0.4, -0.2) is 10.9 Å². The molecule has 1 aliphatic carbocycles. The number of carbonyl (C=O) groups excluding carboxylic acids is 1. The Bertz CT molecular complexity index is 686. The van der Waals surface area contributed by atoms with Crippen LogP contribution in [0.25, 0.3) is 0 Å². The van der Waals surface area contributed by atoms with Crippen molar-refractivity contribution in [2.45, 2.75) is 19.3 Å². The zero-order chi connectivity index (χ0) is 14.1. The fourth-order valence-electron chi connectivity index (χ4n) is 2.35. The minimum Gasteiger partial charge on any atom is -0.438 e. The number of pyridine rings is 1. The van der Waals surface area contributed by atoms with Gasteiger partial charge in [0.05, 0.1) is 0 Å². The number of hydrogen-bond acceptors (Lipinski definition) is 3. The van der Waals surface area contributed by atoms with Crippen molar-refractivity contribution < 1.29 is 9.53 Å². The number of halogens is 1. The molecule has 0 spiro atoms. The zero-order valence-electron chi connectivity index (χ0n) is 10.7. The number of aromatic nitrogens is 1. The lowest BCUT2D eigenvalue weighted by Gasteiger charge is -2.10. The first-order valence-corrected chi connectivity index (χ1v) is 7.47. The third-order valence-corrected chi connectivity index (χ3v) is 3.96. The summed E-state index contributed by atoms with van der Waals surface area (Å²) in [5, 5.41) is 0. The van der Waals surface area contributed by atoms with Crippen LogP contribution in [0.1, 0.15) is 28.0 Å². The molecular weight excluding hydrogens is 367 g/mol. The molecule has 0 aliphatic heterocycles. The SMILES string of the molecule is NC(=O)c1cc2c(nc1Oc1cccc(I)c1)CCC2. The van der Waals surface area contributed by atoms with Gasteiger partial charge in [-0.2, -0.15) is 0 Å². The molecule has 0 bridgehead atoms. The maximum absolute atomic E-state index is 11.6. The standard InChI is InChI=1S/C15H13IN2O2/c16-10-4-2-5-11(8-10)20-15-12(14(17)19)7-9-3-1-6-13(9)18-15/h2,4-5,7-8H,1,3,6H2,(H2,17,19). The minimum atomic E-state index is -0.507. The van der Waals surface area contributed by atoms with Gasteiger partial charge in [-0.1, -0.05) is 6.07 Å². The number of aryl methyl sites for hydroxylation is 2. The van der Waals surface area contributed by atoms with Crippen LogP contribution >= 0.6 is 22.6 Å². The van der Waals surface area contributed by atoms with Gasteiger partial charge in [-0.3, -0.25) is 4.79 Å². The summed E-state index contributed by atoms with van der Waals surface area (Å²) in [6.45, 7) is 0. The van der Waals surface area contributed by atoms with Crippen molar-refractivity contribution in [2.75, 3.05) is 0 Å². The average molecular weight is 380 g/mol. The summed E-state index contributed by atoms with van der Waals surface area (Å²) in [6.07, 6.45) is 2.94. The van der Waals surface area contributed by atoms with Crippen molar-refractivity contribution in [1.82, 2.24) is 4.98 Å². The van der Waals surface area contributed by atoms with Crippen LogP contribution in [0.3, 0.4) is 0 Å². The monoisotopic (exact) mass is 380 g/mol. The van der Waals surface area contributed by atoms with E-state index < -0.39 is 5.91 Å². The van der Waals surface area contributed by atoms with Gasteiger partial charge >= 0.3 is 0 Å². The number of nitrogens with zero attached hydrogens (tertiary/aromatic N) is 1. The van der Waals surface area contributed by atoms with E-state index in [-0.39, 0.29) is 0 Å². The highest BCUT2D eigenvalue weighted by atomic mass is 127. The van der Waals surface area contributed by atoms with Crippen LogP contribution < -0.4 is 10.5 Å². The highest BCUT2D eigenvalue weighted by Gasteiger charge is 2.20. The molecular formula is C15H13IN2O2. The second-order valence-corrected chi connectivity index (χ2v) is 5.97. The Labute approximate surface area is 130 Å². The molecule has 0 radical (unpaired) electrons. The molecule has 5 heteroatoms. The first kappa shape index (κ1) is 13.4. The van der Waals surface area contributed by atoms with Gasteiger partial charge < -0.3 is 10.5 Å². The van der Waals surface area contributed by atoms with E-state index in [2.05, 4.69) is 27.6 Å². The summed E-state index contributed by atoms with van der Waals surface area (Å²) in [6, 6.07) is 9.41. The number of benzene rings is 1. The first-order chi connectivity index (χ1) is 9.63. The third-order valence-electron chi connectivity index (χ3n) is 3.29. The van der Waals surface area contributed by atoms with Gasteiger partial charge in [0.15, 0.2) is 0 Å². The summed E-state index contributed by atoms with van der Waals surface area (Å²) in [5.41, 5.74) is 7.90. The lowest BCUT2D eigenvalue weighted by Crippen LogP contribution is -2.14. The van der Waals surface area contributed by atoms with Gasteiger partial charge in [-0.05, 0) is 71.7 Å². The molecule has 1 aromatic carbocycles. The van der Waals surface area contributed by atoms with E-state index in [4.69, 9.17) is 10.5 Å². The van der Waals surface area contributed by atoms with Crippen LogP contribution in [0, 0.1) is 3.57 Å². The smallest absolute Gasteiger partial charge is 0.254 e. The quantitative estimate of drug-likeness (QED) is 0.833. The van der Waals surface area contributed by atoms with E-state index in [1.807, 2.05) is 30.3 Å². The summed E-state index contributed by atoms with van der Waals surface area (Å²) in [5.74, 6) is 0.456. The zero-order valence-corrected chi connectivity index (χ0v) is 12.9. The molecule has 2 N–H and O–H groups in total. The van der Waals surface area contributed by atoms with Crippen molar-refractivity contribution in [3.63, 3.8) is 0 Å². The molecule has 1 amide bonds. The summed E-state index contributed by atoms with van der Waals surface area (Å²) < 4.78 is 6.82. The number of carbonyl (C=O) groups is 1. The molecule has 0 fully saturated rings. The Hall–Kier alpha value is -1.63. The second kappa shape index (κ2) is 5.40. The van der Waals surface area contributed by atoms with Gasteiger partial charge in [0.2, 0.25) is 5.88 Å². The van der Waals surface area contributed by atoms with Gasteiger partial charge in [-0.15, -0.1) is 0 Å². The fraction of sp³-hybridized carbons (Fsp3) is 0.200. The van der Waals surface area contributed by atoms with E-state index >= 15 is 0 Å². The summed E-state index contributed by atoms with van der Waals surface area (Å²) >= 11 is 2.21. The van der Waals surface area contributed by atoms with Crippen molar-refractivity contribution in [3.05, 3.63) is 50.7 Å². The van der Waals surface area contributed by atoms with Crippen molar-refractivity contribution >= 4 is 28.5 Å². The van der Waals surface area contributed by atoms with Crippen LogP contribution in [0.2, 0.25) is 0 Å². The molecule has 4 nitrogen and oxygen atoms in total. The van der Waals surface area contributed by atoms with E-state index in [9.17, 15) is 4.79 Å². The Morgan fingerprint density at radius 3 is 2.90 bits per heavy atom. The highest BCUT2D eigenvalue weighted by molar-refractivity contribution is 14.1. The largest absolute Gasteiger partial charge is 0.438 e. The Kier molecular flexibility index (Phi) is 3.60. The predicted molar refractivity (Wildman–Crippen MR) is 84.0 cm³/mol. The van der Waals surface area contributed by atoms with E-state index in [1.54, 1.807) is 0 Å². The van der Waals surface area contributed by atoms with Gasteiger partial charge in [-0.25, -0.2) is 4.98 Å².